The third kappa shape index (κ3) is 4.70. The van der Waals surface area contributed by atoms with Crippen molar-refractivity contribution in [3.8, 4) is 0 Å². The van der Waals surface area contributed by atoms with E-state index in [0.717, 1.165) is 67.6 Å². The summed E-state index contributed by atoms with van der Waals surface area (Å²) < 4.78 is 2.15. The van der Waals surface area contributed by atoms with Crippen LogP contribution in [0.4, 0.5) is 5.69 Å². The van der Waals surface area contributed by atoms with Crippen molar-refractivity contribution in [3.63, 3.8) is 0 Å². The Bertz CT molecular complexity index is 1160. The Morgan fingerprint density at radius 1 is 1.18 bits per heavy atom. The van der Waals surface area contributed by atoms with Crippen LogP contribution < -0.4 is 15.5 Å². The van der Waals surface area contributed by atoms with Gasteiger partial charge in [0.2, 0.25) is 5.91 Å². The molecule has 2 aliphatic heterocycles. The molecule has 0 spiro atoms. The number of nitrogens with zero attached hydrogens (tertiary/aromatic N) is 3. The van der Waals surface area contributed by atoms with E-state index in [1.807, 2.05) is 18.5 Å². The Morgan fingerprint density at radius 2 is 2.06 bits per heavy atom. The van der Waals surface area contributed by atoms with Gasteiger partial charge in [-0.25, -0.2) is 4.98 Å². The van der Waals surface area contributed by atoms with E-state index in [9.17, 15) is 4.79 Å². The van der Waals surface area contributed by atoms with Crippen molar-refractivity contribution < 1.29 is 4.79 Å². The minimum absolute atomic E-state index is 0.0172. The molecule has 174 valence electrons. The van der Waals surface area contributed by atoms with Crippen molar-refractivity contribution in [2.45, 2.75) is 50.7 Å². The van der Waals surface area contributed by atoms with Gasteiger partial charge in [0.15, 0.2) is 0 Å². The van der Waals surface area contributed by atoms with Crippen molar-refractivity contribution in [2.75, 3.05) is 24.5 Å². The molecule has 0 bridgehead atoms. The first-order valence-corrected chi connectivity index (χ1v) is 12.5. The quantitative estimate of drug-likeness (QED) is 0.545. The van der Waals surface area contributed by atoms with Gasteiger partial charge >= 0.3 is 0 Å². The maximum absolute atomic E-state index is 12.6. The largest absolute Gasteiger partial charge is 0.369 e. The van der Waals surface area contributed by atoms with E-state index in [4.69, 9.17) is 23.2 Å². The maximum atomic E-state index is 12.6. The van der Waals surface area contributed by atoms with E-state index in [2.05, 4.69) is 50.2 Å². The third-order valence-corrected chi connectivity index (χ3v) is 7.48. The summed E-state index contributed by atoms with van der Waals surface area (Å²) in [5, 5.41) is 7.87. The van der Waals surface area contributed by atoms with Crippen LogP contribution in [-0.4, -0.2) is 47.2 Å². The lowest BCUT2D eigenvalue weighted by Gasteiger charge is -2.25. The topological polar surface area (TPSA) is 62.2 Å². The Labute approximate surface area is 204 Å². The normalized spacial score (nSPS) is 22.0. The number of hydrogen-bond donors (Lipinski definition) is 2. The minimum atomic E-state index is -0.0420. The first-order valence-electron chi connectivity index (χ1n) is 11.7. The molecule has 5 rings (SSSR count). The van der Waals surface area contributed by atoms with Gasteiger partial charge in [0.25, 0.3) is 0 Å². The molecule has 1 amide bonds. The molecule has 8 heteroatoms. The zero-order chi connectivity index (χ0) is 22.9. The second-order valence-electron chi connectivity index (χ2n) is 9.11. The van der Waals surface area contributed by atoms with E-state index in [-0.39, 0.29) is 24.0 Å². The van der Waals surface area contributed by atoms with Crippen LogP contribution in [0.15, 0.2) is 42.7 Å². The van der Waals surface area contributed by atoms with Crippen LogP contribution in [0.1, 0.15) is 44.2 Å². The molecule has 3 atom stereocenters. The third-order valence-electron chi connectivity index (χ3n) is 6.91. The van der Waals surface area contributed by atoms with E-state index in [0.29, 0.717) is 10.0 Å². The Morgan fingerprint density at radius 3 is 2.85 bits per heavy atom. The Balaban J connectivity index is 1.32. The zero-order valence-electron chi connectivity index (χ0n) is 18.7. The molecule has 2 N–H and O–H groups in total. The first-order chi connectivity index (χ1) is 16.0. The zero-order valence-corrected chi connectivity index (χ0v) is 20.2. The number of carbonyl (C=O) groups is 1. The van der Waals surface area contributed by atoms with Gasteiger partial charge in [-0.1, -0.05) is 35.7 Å². The molecule has 0 radical (unpaired) electrons. The molecule has 2 saturated heterocycles. The summed E-state index contributed by atoms with van der Waals surface area (Å²) in [5.41, 5.74) is 4.16. The first kappa shape index (κ1) is 22.5. The average Bonchev–Trinajstić information content (AvgIpc) is 3.46. The predicted molar refractivity (Wildman–Crippen MR) is 134 cm³/mol. The van der Waals surface area contributed by atoms with Crippen LogP contribution in [0.2, 0.25) is 10.0 Å². The summed E-state index contributed by atoms with van der Waals surface area (Å²) >= 11 is 12.6. The highest BCUT2D eigenvalue weighted by atomic mass is 35.5. The molecular weight excluding hydrogens is 457 g/mol. The number of anilines is 1. The number of imidazole rings is 1. The molecule has 2 unspecified atom stereocenters. The van der Waals surface area contributed by atoms with Gasteiger partial charge in [-0.15, -0.1) is 0 Å². The molecule has 2 aliphatic rings. The van der Waals surface area contributed by atoms with Gasteiger partial charge in [0, 0.05) is 34.9 Å². The van der Waals surface area contributed by atoms with Crippen LogP contribution in [-0.2, 0) is 4.79 Å². The molecule has 33 heavy (non-hydrogen) atoms. The highest BCUT2D eigenvalue weighted by molar-refractivity contribution is 6.35. The number of carbonyl (C=O) groups excluding carboxylic acids is 1. The number of hydrogen-bond acceptors (Lipinski definition) is 4. The lowest BCUT2D eigenvalue weighted by Crippen LogP contribution is -2.50. The number of amides is 1. The van der Waals surface area contributed by atoms with Crippen LogP contribution in [0.25, 0.3) is 11.0 Å². The minimum Gasteiger partial charge on any atom is -0.369 e. The Kier molecular flexibility index (Phi) is 6.50. The lowest BCUT2D eigenvalue weighted by atomic mass is 10.0. The van der Waals surface area contributed by atoms with Gasteiger partial charge in [0.1, 0.15) is 0 Å². The van der Waals surface area contributed by atoms with Crippen molar-refractivity contribution in [1.29, 1.82) is 0 Å². The second-order valence-corrected chi connectivity index (χ2v) is 9.95. The smallest absolute Gasteiger partial charge is 0.237 e. The molecule has 3 aromatic rings. The van der Waals surface area contributed by atoms with Gasteiger partial charge in [-0.3, -0.25) is 4.79 Å². The number of halogens is 2. The number of rotatable bonds is 5. The molecule has 1 aromatic heterocycles. The maximum Gasteiger partial charge on any atom is 0.237 e. The fraction of sp³-hybridized carbons (Fsp3) is 0.440. The van der Waals surface area contributed by atoms with Crippen LogP contribution in [0.5, 0.6) is 0 Å². The van der Waals surface area contributed by atoms with E-state index in [1.54, 1.807) is 6.07 Å². The van der Waals surface area contributed by atoms with Crippen LogP contribution in [0, 0.1) is 0 Å². The fourth-order valence-corrected chi connectivity index (χ4v) is 5.57. The van der Waals surface area contributed by atoms with Gasteiger partial charge in [-0.05, 0) is 68.6 Å². The number of piperidine rings is 1. The summed E-state index contributed by atoms with van der Waals surface area (Å²) in [7, 11) is 0. The van der Waals surface area contributed by atoms with Crippen LogP contribution >= 0.6 is 23.2 Å². The SMILES string of the molecule is CC(c1ccc(Cl)cc1Cl)n1cnc2ccc(N3CCC(NC(=O)[C@H]4CCCCN4)C3)cc21. The molecule has 2 fully saturated rings. The highest BCUT2D eigenvalue weighted by Crippen LogP contribution is 2.32. The van der Waals surface area contributed by atoms with Gasteiger partial charge in [-0.2, -0.15) is 0 Å². The summed E-state index contributed by atoms with van der Waals surface area (Å²) in [5.74, 6) is 0.142. The number of benzene rings is 2. The molecular formula is C25H29Cl2N5O. The van der Waals surface area contributed by atoms with Gasteiger partial charge in [0.05, 0.1) is 29.4 Å². The summed E-state index contributed by atoms with van der Waals surface area (Å²) in [4.78, 5) is 19.6. The lowest BCUT2D eigenvalue weighted by molar-refractivity contribution is -0.124. The second kappa shape index (κ2) is 9.53. The van der Waals surface area contributed by atoms with E-state index < -0.39 is 0 Å². The Hall–Kier alpha value is -2.28. The van der Waals surface area contributed by atoms with Gasteiger partial charge < -0.3 is 20.1 Å². The molecule has 3 heterocycles. The predicted octanol–water partition coefficient (Wildman–Crippen LogP) is 4.79. The van der Waals surface area contributed by atoms with E-state index in [1.165, 1.54) is 0 Å². The number of aromatic nitrogens is 2. The van der Waals surface area contributed by atoms with Crippen molar-refractivity contribution in [3.05, 3.63) is 58.3 Å². The number of fused-ring (bicyclic) bond motifs is 1. The summed E-state index contributed by atoms with van der Waals surface area (Å²) in [6, 6.07) is 12.1. The standard InChI is InChI=1S/C25H29Cl2N5O/c1-16(20-7-5-17(26)12-21(20)27)32-15-29-22-8-6-19(13-24(22)32)31-11-9-18(14-31)30-25(33)23-4-2-3-10-28-23/h5-8,12-13,15-16,18,23,28H,2-4,9-11,14H2,1H3,(H,30,33)/t16?,18?,23-/m1/s1. The average molecular weight is 486 g/mol. The van der Waals surface area contributed by atoms with Crippen molar-refractivity contribution in [1.82, 2.24) is 20.2 Å². The molecule has 0 aliphatic carbocycles. The number of nitrogens with one attached hydrogen (secondary N) is 2. The van der Waals surface area contributed by atoms with Crippen molar-refractivity contribution in [2.24, 2.45) is 0 Å². The summed E-state index contributed by atoms with van der Waals surface area (Å²) in [6.45, 7) is 4.78. The van der Waals surface area contributed by atoms with Crippen LogP contribution in [0.3, 0.4) is 0 Å². The molecule has 6 nitrogen and oxygen atoms in total. The monoisotopic (exact) mass is 485 g/mol. The fourth-order valence-electron chi connectivity index (χ4n) is 5.00. The van der Waals surface area contributed by atoms with E-state index >= 15 is 0 Å². The molecule has 2 aromatic carbocycles. The highest BCUT2D eigenvalue weighted by Gasteiger charge is 2.28. The summed E-state index contributed by atoms with van der Waals surface area (Å²) in [6.07, 6.45) is 6.03. The van der Waals surface area contributed by atoms with Crippen molar-refractivity contribution >= 4 is 45.8 Å². The molecule has 0 saturated carbocycles.